The van der Waals surface area contributed by atoms with E-state index in [1.165, 1.54) is 0 Å². The predicted octanol–water partition coefficient (Wildman–Crippen LogP) is 2.55. The summed E-state index contributed by atoms with van der Waals surface area (Å²) in [5.74, 6) is -0.101. The molecule has 124 valence electrons. The van der Waals surface area contributed by atoms with Crippen LogP contribution in [0, 0.1) is 0 Å². The van der Waals surface area contributed by atoms with E-state index in [1.54, 1.807) is 10.9 Å². The van der Waals surface area contributed by atoms with Crippen LogP contribution in [0.5, 0.6) is 0 Å². The van der Waals surface area contributed by atoms with Gasteiger partial charge >= 0.3 is 0 Å². The Labute approximate surface area is 139 Å². The maximum atomic E-state index is 12.6. The summed E-state index contributed by atoms with van der Waals surface area (Å²) in [6.07, 6.45) is 5.43. The molecule has 0 spiro atoms. The molecule has 1 amide bonds. The van der Waals surface area contributed by atoms with Gasteiger partial charge in [-0.05, 0) is 25.0 Å². The zero-order valence-corrected chi connectivity index (χ0v) is 13.5. The molecule has 1 aromatic carbocycles. The van der Waals surface area contributed by atoms with E-state index in [0.717, 1.165) is 29.3 Å². The number of fused-ring (bicyclic) bond motifs is 1. The normalized spacial score (nSPS) is 21.0. The van der Waals surface area contributed by atoms with Gasteiger partial charge in [-0.3, -0.25) is 9.48 Å². The third kappa shape index (κ3) is 2.80. The molecule has 3 heterocycles. The van der Waals surface area contributed by atoms with Gasteiger partial charge in [0.2, 0.25) is 0 Å². The smallest absolute Gasteiger partial charge is 0.268 e. The van der Waals surface area contributed by atoms with Crippen LogP contribution >= 0.6 is 0 Å². The Kier molecular flexibility index (Phi) is 3.82. The third-order valence-electron chi connectivity index (χ3n) is 4.47. The van der Waals surface area contributed by atoms with Crippen molar-refractivity contribution in [2.45, 2.75) is 25.0 Å². The second-order valence-corrected chi connectivity index (χ2v) is 6.23. The van der Waals surface area contributed by atoms with E-state index in [4.69, 9.17) is 4.74 Å². The Bertz CT molecular complexity index is 834. The minimum absolute atomic E-state index is 0.0538. The van der Waals surface area contributed by atoms with Crippen LogP contribution in [0.2, 0.25) is 0 Å². The molecule has 2 atom stereocenters. The molecule has 1 saturated heterocycles. The van der Waals surface area contributed by atoms with Crippen molar-refractivity contribution in [2.24, 2.45) is 7.05 Å². The Morgan fingerprint density at radius 2 is 2.29 bits per heavy atom. The lowest BCUT2D eigenvalue weighted by Crippen LogP contribution is -2.42. The number of ether oxygens (including phenoxy) is 1. The fraction of sp³-hybridized carbons (Fsp3) is 0.333. The SMILES string of the molecule is Cn1cc([C@H]2OCCC[C@@H]2NC(=O)c2cc3ccccc3[nH]2)cn1. The summed E-state index contributed by atoms with van der Waals surface area (Å²) in [6.45, 7) is 0.707. The van der Waals surface area contributed by atoms with Gasteiger partial charge < -0.3 is 15.0 Å². The van der Waals surface area contributed by atoms with Crippen LogP contribution in [0.4, 0.5) is 0 Å². The number of aromatic nitrogens is 3. The monoisotopic (exact) mass is 324 g/mol. The number of hydrogen-bond acceptors (Lipinski definition) is 3. The van der Waals surface area contributed by atoms with Gasteiger partial charge in [0, 0.05) is 36.3 Å². The van der Waals surface area contributed by atoms with Crippen molar-refractivity contribution < 1.29 is 9.53 Å². The first-order chi connectivity index (χ1) is 11.7. The van der Waals surface area contributed by atoms with Crippen molar-refractivity contribution in [3.05, 3.63) is 54.0 Å². The Hall–Kier alpha value is -2.60. The zero-order chi connectivity index (χ0) is 16.5. The van der Waals surface area contributed by atoms with Crippen LogP contribution in [0.15, 0.2) is 42.7 Å². The second kappa shape index (κ2) is 6.13. The van der Waals surface area contributed by atoms with Crippen molar-refractivity contribution in [3.8, 4) is 0 Å². The fourth-order valence-electron chi connectivity index (χ4n) is 3.29. The first-order valence-corrected chi connectivity index (χ1v) is 8.19. The summed E-state index contributed by atoms with van der Waals surface area (Å²) in [7, 11) is 1.88. The summed E-state index contributed by atoms with van der Waals surface area (Å²) in [4.78, 5) is 15.8. The fourth-order valence-corrected chi connectivity index (χ4v) is 3.29. The first kappa shape index (κ1) is 15.0. The molecule has 1 fully saturated rings. The maximum absolute atomic E-state index is 12.6. The summed E-state index contributed by atoms with van der Waals surface area (Å²) < 4.78 is 7.66. The standard InChI is InChI=1S/C18H20N4O2/c1-22-11-13(10-19-22)17-15(7-4-8-24-17)21-18(23)16-9-12-5-2-3-6-14(12)20-16/h2-3,5-6,9-11,15,17,20H,4,7-8H2,1H3,(H,21,23)/t15-,17+/m0/s1. The number of rotatable bonds is 3. The molecule has 1 aliphatic rings. The largest absolute Gasteiger partial charge is 0.371 e. The van der Waals surface area contributed by atoms with Crippen molar-refractivity contribution in [1.29, 1.82) is 0 Å². The topological polar surface area (TPSA) is 71.9 Å². The van der Waals surface area contributed by atoms with Gasteiger partial charge in [0.25, 0.3) is 5.91 Å². The van der Waals surface area contributed by atoms with Crippen LogP contribution in [0.25, 0.3) is 10.9 Å². The van der Waals surface area contributed by atoms with Crippen LogP contribution in [0.3, 0.4) is 0 Å². The minimum Gasteiger partial charge on any atom is -0.371 e. The van der Waals surface area contributed by atoms with Crippen molar-refractivity contribution >= 4 is 16.8 Å². The van der Waals surface area contributed by atoms with Gasteiger partial charge in [0.15, 0.2) is 0 Å². The number of carbonyl (C=O) groups is 1. The molecule has 6 nitrogen and oxygen atoms in total. The summed E-state index contributed by atoms with van der Waals surface area (Å²) in [5.41, 5.74) is 2.54. The van der Waals surface area contributed by atoms with Gasteiger partial charge in [-0.1, -0.05) is 18.2 Å². The zero-order valence-electron chi connectivity index (χ0n) is 13.5. The average Bonchev–Trinajstić information content (AvgIpc) is 3.21. The molecule has 1 aliphatic heterocycles. The van der Waals surface area contributed by atoms with E-state index in [9.17, 15) is 4.79 Å². The number of benzene rings is 1. The number of carbonyl (C=O) groups excluding carboxylic acids is 1. The van der Waals surface area contributed by atoms with Crippen LogP contribution in [-0.4, -0.2) is 33.3 Å². The highest BCUT2D eigenvalue weighted by Gasteiger charge is 2.30. The molecule has 0 radical (unpaired) electrons. The molecule has 0 aliphatic carbocycles. The summed E-state index contributed by atoms with van der Waals surface area (Å²) in [6, 6.07) is 9.70. The molecule has 0 bridgehead atoms. The van der Waals surface area contributed by atoms with Gasteiger partial charge in [0.05, 0.1) is 12.2 Å². The minimum atomic E-state index is -0.152. The number of H-pyrrole nitrogens is 1. The molecule has 3 aromatic rings. The van der Waals surface area contributed by atoms with Crippen LogP contribution < -0.4 is 5.32 Å². The molecule has 0 saturated carbocycles. The lowest BCUT2D eigenvalue weighted by Gasteiger charge is -2.31. The first-order valence-electron chi connectivity index (χ1n) is 8.19. The van der Waals surface area contributed by atoms with E-state index < -0.39 is 0 Å². The van der Waals surface area contributed by atoms with Crippen molar-refractivity contribution in [3.63, 3.8) is 0 Å². The van der Waals surface area contributed by atoms with E-state index >= 15 is 0 Å². The molecular formula is C18H20N4O2. The Morgan fingerprint density at radius 3 is 3.08 bits per heavy atom. The molecule has 6 heteroatoms. The molecule has 4 rings (SSSR count). The number of aromatic amines is 1. The molecule has 2 aromatic heterocycles. The number of nitrogens with zero attached hydrogens (tertiary/aromatic N) is 2. The van der Waals surface area contributed by atoms with Gasteiger partial charge in [0.1, 0.15) is 11.8 Å². The highest BCUT2D eigenvalue weighted by atomic mass is 16.5. The molecule has 24 heavy (non-hydrogen) atoms. The van der Waals surface area contributed by atoms with Gasteiger partial charge in [-0.2, -0.15) is 5.10 Å². The lowest BCUT2D eigenvalue weighted by molar-refractivity contribution is -0.00954. The number of nitrogens with one attached hydrogen (secondary N) is 2. The quantitative estimate of drug-likeness (QED) is 0.778. The molecule has 0 unspecified atom stereocenters. The number of hydrogen-bond donors (Lipinski definition) is 2. The van der Waals surface area contributed by atoms with E-state index in [1.807, 2.05) is 43.6 Å². The third-order valence-corrected chi connectivity index (χ3v) is 4.47. The highest BCUT2D eigenvalue weighted by Crippen LogP contribution is 2.28. The van der Waals surface area contributed by atoms with E-state index in [-0.39, 0.29) is 18.1 Å². The lowest BCUT2D eigenvalue weighted by atomic mass is 9.98. The highest BCUT2D eigenvalue weighted by molar-refractivity contribution is 5.98. The molecular weight excluding hydrogens is 304 g/mol. The van der Waals surface area contributed by atoms with Gasteiger partial charge in [-0.15, -0.1) is 0 Å². The number of amides is 1. The van der Waals surface area contributed by atoms with Crippen molar-refractivity contribution in [1.82, 2.24) is 20.1 Å². The van der Waals surface area contributed by atoms with E-state index in [2.05, 4.69) is 15.4 Å². The van der Waals surface area contributed by atoms with Gasteiger partial charge in [-0.25, -0.2) is 0 Å². The van der Waals surface area contributed by atoms with Crippen LogP contribution in [-0.2, 0) is 11.8 Å². The summed E-state index contributed by atoms with van der Waals surface area (Å²) >= 11 is 0. The molecule has 2 N–H and O–H groups in total. The second-order valence-electron chi connectivity index (χ2n) is 6.23. The predicted molar refractivity (Wildman–Crippen MR) is 90.7 cm³/mol. The summed E-state index contributed by atoms with van der Waals surface area (Å²) in [5, 5.41) is 8.37. The van der Waals surface area contributed by atoms with Crippen molar-refractivity contribution in [2.75, 3.05) is 6.61 Å². The Balaban J connectivity index is 1.54. The number of aryl methyl sites for hydroxylation is 1. The number of para-hydroxylation sites is 1. The van der Waals surface area contributed by atoms with Crippen LogP contribution in [0.1, 0.15) is 35.0 Å². The maximum Gasteiger partial charge on any atom is 0.268 e. The average molecular weight is 324 g/mol. The van der Waals surface area contributed by atoms with E-state index in [0.29, 0.717) is 12.3 Å². The Morgan fingerprint density at radius 1 is 1.42 bits per heavy atom.